The summed E-state index contributed by atoms with van der Waals surface area (Å²) in [5, 5.41) is 4.60. The van der Waals surface area contributed by atoms with E-state index in [1.165, 1.54) is 0 Å². The molecular weight excluding hydrogens is 343 g/mol. The minimum Gasteiger partial charge on any atom is -0.334 e. The van der Waals surface area contributed by atoms with Gasteiger partial charge in [-0.1, -0.05) is 53.0 Å². The first-order chi connectivity index (χ1) is 10.5. The van der Waals surface area contributed by atoms with Crippen LogP contribution in [0.3, 0.4) is 0 Å². The summed E-state index contributed by atoms with van der Waals surface area (Å²) in [5.41, 5.74) is 1.82. The number of nitrogens with one attached hydrogen (secondary N) is 1. The topological polar surface area (TPSA) is 32.3 Å². The maximum absolute atomic E-state index is 12.1. The van der Waals surface area contributed by atoms with E-state index in [1.54, 1.807) is 42.3 Å². The van der Waals surface area contributed by atoms with Crippen molar-refractivity contribution in [2.24, 2.45) is 0 Å². The zero-order valence-corrected chi connectivity index (χ0v) is 14.2. The number of carbonyl (C=O) groups is 1. The monoisotopic (exact) mass is 356 g/mol. The van der Waals surface area contributed by atoms with Gasteiger partial charge in [-0.15, -0.1) is 0 Å². The van der Waals surface area contributed by atoms with Crippen molar-refractivity contribution < 1.29 is 4.79 Å². The molecule has 0 aliphatic carbocycles. The molecule has 6 heteroatoms. The average molecular weight is 358 g/mol. The Balaban J connectivity index is 1.89. The Morgan fingerprint density at radius 3 is 2.32 bits per heavy atom. The molecule has 0 atom stereocenters. The molecule has 0 radical (unpaired) electrons. The molecule has 0 heterocycles. The molecule has 0 aliphatic rings. The third kappa shape index (κ3) is 4.80. The molecular formula is C16H15Cl3N2O. The lowest BCUT2D eigenvalue weighted by atomic mass is 10.2. The van der Waals surface area contributed by atoms with Crippen molar-refractivity contribution in [1.29, 1.82) is 0 Å². The Kier molecular flexibility index (Phi) is 5.95. The van der Waals surface area contributed by atoms with Crippen LogP contribution in [0.2, 0.25) is 15.1 Å². The van der Waals surface area contributed by atoms with Gasteiger partial charge in [-0.2, -0.15) is 0 Å². The molecule has 2 rings (SSSR count). The zero-order chi connectivity index (χ0) is 16.1. The largest absolute Gasteiger partial charge is 0.334 e. The number of hydrogen-bond donors (Lipinski definition) is 1. The number of urea groups is 1. The Labute approximate surface area is 144 Å². The highest BCUT2D eigenvalue weighted by atomic mass is 35.5. The second-order valence-corrected chi connectivity index (χ2v) is 6.16. The predicted molar refractivity (Wildman–Crippen MR) is 91.6 cm³/mol. The van der Waals surface area contributed by atoms with Gasteiger partial charge in [0.05, 0.1) is 0 Å². The smallest absolute Gasteiger partial charge is 0.317 e. The van der Waals surface area contributed by atoms with Gasteiger partial charge in [0.1, 0.15) is 0 Å². The molecule has 0 saturated heterocycles. The molecule has 1 N–H and O–H groups in total. The summed E-state index contributed by atoms with van der Waals surface area (Å²) >= 11 is 17.8. The van der Waals surface area contributed by atoms with Crippen LogP contribution in [0.5, 0.6) is 0 Å². The molecule has 0 unspecified atom stereocenters. The number of halogens is 3. The van der Waals surface area contributed by atoms with Crippen molar-refractivity contribution in [3.05, 3.63) is 68.7 Å². The maximum Gasteiger partial charge on any atom is 0.317 e. The van der Waals surface area contributed by atoms with Gasteiger partial charge < -0.3 is 10.2 Å². The van der Waals surface area contributed by atoms with Crippen LogP contribution in [0, 0.1) is 0 Å². The molecule has 0 aromatic heterocycles. The Morgan fingerprint density at radius 2 is 1.68 bits per heavy atom. The van der Waals surface area contributed by atoms with Crippen molar-refractivity contribution in [1.82, 2.24) is 10.2 Å². The fourth-order valence-electron chi connectivity index (χ4n) is 1.91. The van der Waals surface area contributed by atoms with E-state index in [0.717, 1.165) is 11.1 Å². The van der Waals surface area contributed by atoms with Gasteiger partial charge in [-0.3, -0.25) is 0 Å². The zero-order valence-electron chi connectivity index (χ0n) is 11.9. The van der Waals surface area contributed by atoms with E-state index in [0.29, 0.717) is 28.2 Å². The number of amides is 2. The van der Waals surface area contributed by atoms with Gasteiger partial charge in [0.25, 0.3) is 0 Å². The van der Waals surface area contributed by atoms with E-state index in [1.807, 2.05) is 12.1 Å². The summed E-state index contributed by atoms with van der Waals surface area (Å²) in [4.78, 5) is 13.7. The molecule has 0 aliphatic heterocycles. The first kappa shape index (κ1) is 16.9. The fourth-order valence-corrected chi connectivity index (χ4v) is 2.51. The van der Waals surface area contributed by atoms with Crippen LogP contribution in [0.15, 0.2) is 42.5 Å². The van der Waals surface area contributed by atoms with Gasteiger partial charge in [0.2, 0.25) is 0 Å². The highest BCUT2D eigenvalue weighted by Crippen LogP contribution is 2.20. The second kappa shape index (κ2) is 7.73. The van der Waals surface area contributed by atoms with Crippen LogP contribution < -0.4 is 5.32 Å². The Bertz CT molecular complexity index is 659. The van der Waals surface area contributed by atoms with E-state index in [4.69, 9.17) is 34.8 Å². The summed E-state index contributed by atoms with van der Waals surface area (Å²) in [5.74, 6) is 0. The second-order valence-electron chi connectivity index (χ2n) is 4.88. The average Bonchev–Trinajstić information content (AvgIpc) is 2.48. The molecule has 0 bridgehead atoms. The maximum atomic E-state index is 12.1. The number of rotatable bonds is 4. The van der Waals surface area contributed by atoms with E-state index in [-0.39, 0.29) is 6.03 Å². The molecule has 0 saturated carbocycles. The molecule has 0 spiro atoms. The highest BCUT2D eigenvalue weighted by molar-refractivity contribution is 6.35. The summed E-state index contributed by atoms with van der Waals surface area (Å²) in [7, 11) is 1.73. The summed E-state index contributed by atoms with van der Waals surface area (Å²) in [6.45, 7) is 0.844. The highest BCUT2D eigenvalue weighted by Gasteiger charge is 2.10. The molecule has 3 nitrogen and oxygen atoms in total. The predicted octanol–water partition coefficient (Wildman–Crippen LogP) is 4.99. The lowest BCUT2D eigenvalue weighted by Crippen LogP contribution is -2.36. The van der Waals surface area contributed by atoms with Gasteiger partial charge in [-0.05, 0) is 35.4 Å². The molecule has 0 fully saturated rings. The minimum atomic E-state index is -0.180. The van der Waals surface area contributed by atoms with Crippen molar-refractivity contribution in [3.8, 4) is 0 Å². The quantitative estimate of drug-likeness (QED) is 0.821. The number of benzene rings is 2. The first-order valence-corrected chi connectivity index (χ1v) is 7.76. The van der Waals surface area contributed by atoms with E-state index in [9.17, 15) is 4.79 Å². The van der Waals surface area contributed by atoms with Gasteiger partial charge in [0, 0.05) is 35.2 Å². The third-order valence-electron chi connectivity index (χ3n) is 3.12. The molecule has 2 amide bonds. The van der Waals surface area contributed by atoms with Crippen LogP contribution in [-0.4, -0.2) is 18.0 Å². The van der Waals surface area contributed by atoms with Crippen molar-refractivity contribution in [2.75, 3.05) is 7.05 Å². The lowest BCUT2D eigenvalue weighted by molar-refractivity contribution is 0.206. The van der Waals surface area contributed by atoms with Gasteiger partial charge in [0.15, 0.2) is 0 Å². The van der Waals surface area contributed by atoms with E-state index >= 15 is 0 Å². The SMILES string of the molecule is CN(Cc1ccc(Cl)cc1)C(=O)NCc1ccc(Cl)cc1Cl. The standard InChI is InChI=1S/C16H15Cl3N2O/c1-21(10-11-2-5-13(17)6-3-11)16(22)20-9-12-4-7-14(18)8-15(12)19/h2-8H,9-10H2,1H3,(H,20,22). The van der Waals surface area contributed by atoms with E-state index < -0.39 is 0 Å². The van der Waals surface area contributed by atoms with E-state index in [2.05, 4.69) is 5.32 Å². The van der Waals surface area contributed by atoms with Gasteiger partial charge in [-0.25, -0.2) is 4.79 Å². The lowest BCUT2D eigenvalue weighted by Gasteiger charge is -2.18. The van der Waals surface area contributed by atoms with Crippen LogP contribution in [0.1, 0.15) is 11.1 Å². The number of nitrogens with zero attached hydrogens (tertiary/aromatic N) is 1. The Hall–Kier alpha value is -1.42. The third-order valence-corrected chi connectivity index (χ3v) is 3.96. The minimum absolute atomic E-state index is 0.180. The van der Waals surface area contributed by atoms with Crippen LogP contribution >= 0.6 is 34.8 Å². The van der Waals surface area contributed by atoms with Gasteiger partial charge >= 0.3 is 6.03 Å². The Morgan fingerprint density at radius 1 is 1.05 bits per heavy atom. The molecule has 116 valence electrons. The van der Waals surface area contributed by atoms with Crippen molar-refractivity contribution >= 4 is 40.8 Å². The molecule has 2 aromatic rings. The van der Waals surface area contributed by atoms with Crippen molar-refractivity contribution in [2.45, 2.75) is 13.1 Å². The van der Waals surface area contributed by atoms with Crippen LogP contribution in [0.4, 0.5) is 4.79 Å². The first-order valence-electron chi connectivity index (χ1n) is 6.63. The normalized spacial score (nSPS) is 10.4. The summed E-state index contributed by atoms with van der Waals surface area (Å²) in [6.07, 6.45) is 0. The van der Waals surface area contributed by atoms with Crippen molar-refractivity contribution in [3.63, 3.8) is 0 Å². The number of carbonyl (C=O) groups excluding carboxylic acids is 1. The molecule has 22 heavy (non-hydrogen) atoms. The summed E-state index contributed by atoms with van der Waals surface area (Å²) < 4.78 is 0. The number of hydrogen-bond acceptors (Lipinski definition) is 1. The fraction of sp³-hybridized carbons (Fsp3) is 0.188. The van der Waals surface area contributed by atoms with Crippen LogP contribution in [-0.2, 0) is 13.1 Å². The van der Waals surface area contributed by atoms with Crippen LogP contribution in [0.25, 0.3) is 0 Å². The summed E-state index contributed by atoms with van der Waals surface area (Å²) in [6, 6.07) is 12.4. The molecule has 2 aromatic carbocycles.